The summed E-state index contributed by atoms with van der Waals surface area (Å²) in [5, 5.41) is 4.06. The normalized spacial score (nSPS) is 11.7. The van der Waals surface area contributed by atoms with Crippen LogP contribution in [0.3, 0.4) is 0 Å². The molecule has 0 fully saturated rings. The lowest BCUT2D eigenvalue weighted by Crippen LogP contribution is -2.40. The zero-order chi connectivity index (χ0) is 21.3. The van der Waals surface area contributed by atoms with E-state index in [1.807, 2.05) is 66.9 Å². The molecule has 3 rings (SSSR count). The van der Waals surface area contributed by atoms with Gasteiger partial charge in [-0.05, 0) is 81.3 Å². The molecule has 1 atom stereocenters. The Morgan fingerprint density at radius 2 is 1.67 bits per heavy atom. The number of nitrogens with zero attached hydrogens (tertiary/aromatic N) is 3. The van der Waals surface area contributed by atoms with Crippen LogP contribution in [0.4, 0.5) is 5.69 Å². The summed E-state index contributed by atoms with van der Waals surface area (Å²) in [7, 11) is 4.13. The predicted octanol–water partition coefficient (Wildman–Crippen LogP) is 5.20. The summed E-state index contributed by atoms with van der Waals surface area (Å²) in [4.78, 5) is 8.61. The molecule has 0 aliphatic carbocycles. The number of hydrogen-bond acceptors (Lipinski definition) is 4. The van der Waals surface area contributed by atoms with Crippen LogP contribution in [0.15, 0.2) is 79.1 Å². The van der Waals surface area contributed by atoms with E-state index in [1.165, 1.54) is 0 Å². The van der Waals surface area contributed by atoms with E-state index in [1.54, 1.807) is 6.20 Å². The van der Waals surface area contributed by atoms with Crippen LogP contribution in [-0.4, -0.2) is 47.1 Å². The second kappa shape index (κ2) is 10.7. The van der Waals surface area contributed by atoms with E-state index in [4.69, 9.17) is 17.0 Å². The van der Waals surface area contributed by atoms with Crippen LogP contribution in [0.25, 0.3) is 0 Å². The fourth-order valence-electron chi connectivity index (χ4n) is 3.01. The fourth-order valence-corrected chi connectivity index (χ4v) is 3.38. The number of benzene rings is 2. The maximum absolute atomic E-state index is 5.86. The summed E-state index contributed by atoms with van der Waals surface area (Å²) in [6.07, 6.45) is 3.68. The van der Waals surface area contributed by atoms with Gasteiger partial charge in [0.25, 0.3) is 0 Å². The van der Waals surface area contributed by atoms with Crippen molar-refractivity contribution in [3.8, 4) is 11.5 Å². The van der Waals surface area contributed by atoms with Gasteiger partial charge in [-0.15, -0.1) is 0 Å². The summed E-state index contributed by atoms with van der Waals surface area (Å²) in [6.45, 7) is 3.86. The molecule has 1 N–H and O–H groups in total. The zero-order valence-corrected chi connectivity index (χ0v) is 18.5. The van der Waals surface area contributed by atoms with Crippen LogP contribution >= 0.6 is 12.2 Å². The highest BCUT2D eigenvalue weighted by Crippen LogP contribution is 2.24. The van der Waals surface area contributed by atoms with E-state index < -0.39 is 0 Å². The average molecular weight is 421 g/mol. The quantitative estimate of drug-likeness (QED) is 0.506. The molecule has 30 heavy (non-hydrogen) atoms. The molecule has 156 valence electrons. The van der Waals surface area contributed by atoms with Crippen LogP contribution in [0, 0.1) is 0 Å². The molecule has 2 aromatic carbocycles. The molecular weight excluding hydrogens is 392 g/mol. The van der Waals surface area contributed by atoms with E-state index in [2.05, 4.69) is 47.2 Å². The first-order valence-corrected chi connectivity index (χ1v) is 10.4. The van der Waals surface area contributed by atoms with Crippen molar-refractivity contribution >= 4 is 23.0 Å². The van der Waals surface area contributed by atoms with Crippen molar-refractivity contribution in [3.63, 3.8) is 0 Å². The van der Waals surface area contributed by atoms with Gasteiger partial charge >= 0.3 is 0 Å². The molecule has 5 nitrogen and oxygen atoms in total. The van der Waals surface area contributed by atoms with Crippen LogP contribution in [0.1, 0.15) is 18.5 Å². The van der Waals surface area contributed by atoms with E-state index in [-0.39, 0.29) is 6.04 Å². The number of ether oxygens (including phenoxy) is 1. The SMILES string of the molecule is CC(c1cccnc1)N(CCN(C)C)C(=S)Nc1ccc(Oc2ccccc2)cc1. The third-order valence-corrected chi connectivity index (χ3v) is 5.10. The van der Waals surface area contributed by atoms with Crippen molar-refractivity contribution in [1.82, 2.24) is 14.8 Å². The van der Waals surface area contributed by atoms with Gasteiger partial charge in [0.15, 0.2) is 5.11 Å². The van der Waals surface area contributed by atoms with Gasteiger partial charge in [0.1, 0.15) is 11.5 Å². The molecule has 3 aromatic rings. The summed E-state index contributed by atoms with van der Waals surface area (Å²) >= 11 is 5.77. The standard InChI is InChI=1S/C24H28N4OS/c1-19(20-8-7-15-25-18-20)28(17-16-27(2)3)24(30)26-21-11-13-23(14-12-21)29-22-9-5-4-6-10-22/h4-15,18-19H,16-17H2,1-3H3,(H,26,30). The van der Waals surface area contributed by atoms with E-state index in [9.17, 15) is 0 Å². The first-order valence-electron chi connectivity index (χ1n) is 9.98. The second-order valence-electron chi connectivity index (χ2n) is 7.33. The second-order valence-corrected chi connectivity index (χ2v) is 7.72. The Labute approximate surface area is 184 Å². The Hall–Kier alpha value is -2.96. The van der Waals surface area contributed by atoms with Crippen molar-refractivity contribution in [2.45, 2.75) is 13.0 Å². The van der Waals surface area contributed by atoms with Crippen LogP contribution in [-0.2, 0) is 0 Å². The molecule has 1 aromatic heterocycles. The van der Waals surface area contributed by atoms with Gasteiger partial charge in [0, 0.05) is 31.2 Å². The highest BCUT2D eigenvalue weighted by molar-refractivity contribution is 7.80. The number of aromatic nitrogens is 1. The average Bonchev–Trinajstić information content (AvgIpc) is 2.76. The fraction of sp³-hybridized carbons (Fsp3) is 0.250. The topological polar surface area (TPSA) is 40.6 Å². The molecule has 1 unspecified atom stereocenters. The Bertz CT molecular complexity index is 917. The first kappa shape index (κ1) is 21.7. The zero-order valence-electron chi connectivity index (χ0n) is 17.7. The van der Waals surface area contributed by atoms with Crippen LogP contribution < -0.4 is 10.1 Å². The molecule has 0 aliphatic heterocycles. The van der Waals surface area contributed by atoms with Gasteiger partial charge in [0.2, 0.25) is 0 Å². The van der Waals surface area contributed by atoms with E-state index in [0.717, 1.165) is 35.8 Å². The van der Waals surface area contributed by atoms with Crippen molar-refractivity contribution in [2.75, 3.05) is 32.5 Å². The minimum absolute atomic E-state index is 0.110. The molecular formula is C24H28N4OS. The monoisotopic (exact) mass is 420 g/mol. The molecule has 0 saturated carbocycles. The molecule has 6 heteroatoms. The summed E-state index contributed by atoms with van der Waals surface area (Å²) in [5.74, 6) is 1.60. The summed E-state index contributed by atoms with van der Waals surface area (Å²) in [6, 6.07) is 21.7. The lowest BCUT2D eigenvalue weighted by molar-refractivity contribution is 0.289. The van der Waals surface area contributed by atoms with Crippen molar-refractivity contribution in [1.29, 1.82) is 0 Å². The molecule has 0 saturated heterocycles. The smallest absolute Gasteiger partial charge is 0.173 e. The first-order chi connectivity index (χ1) is 14.5. The minimum atomic E-state index is 0.110. The van der Waals surface area contributed by atoms with Crippen LogP contribution in [0.5, 0.6) is 11.5 Å². The van der Waals surface area contributed by atoms with Crippen LogP contribution in [0.2, 0.25) is 0 Å². The van der Waals surface area contributed by atoms with Gasteiger partial charge in [0.05, 0.1) is 6.04 Å². The Balaban J connectivity index is 1.68. The number of para-hydroxylation sites is 1. The highest BCUT2D eigenvalue weighted by atomic mass is 32.1. The molecule has 0 spiro atoms. The lowest BCUT2D eigenvalue weighted by Gasteiger charge is -2.33. The van der Waals surface area contributed by atoms with E-state index in [0.29, 0.717) is 5.11 Å². The van der Waals surface area contributed by atoms with Gasteiger partial charge in [-0.25, -0.2) is 0 Å². The predicted molar refractivity (Wildman–Crippen MR) is 127 cm³/mol. The largest absolute Gasteiger partial charge is 0.457 e. The number of nitrogens with one attached hydrogen (secondary N) is 1. The Morgan fingerprint density at radius 3 is 2.30 bits per heavy atom. The number of hydrogen-bond donors (Lipinski definition) is 1. The lowest BCUT2D eigenvalue weighted by atomic mass is 10.1. The van der Waals surface area contributed by atoms with Crippen molar-refractivity contribution < 1.29 is 4.74 Å². The molecule has 0 radical (unpaired) electrons. The number of anilines is 1. The summed E-state index contributed by atoms with van der Waals surface area (Å²) < 4.78 is 5.86. The van der Waals surface area contributed by atoms with Crippen molar-refractivity contribution in [3.05, 3.63) is 84.7 Å². The van der Waals surface area contributed by atoms with Gasteiger partial charge in [-0.1, -0.05) is 24.3 Å². The molecule has 1 heterocycles. The Kier molecular flexibility index (Phi) is 7.76. The third kappa shape index (κ3) is 6.27. The number of rotatable bonds is 8. The number of thiocarbonyl (C=S) groups is 1. The molecule has 0 amide bonds. The van der Waals surface area contributed by atoms with E-state index >= 15 is 0 Å². The van der Waals surface area contributed by atoms with Gasteiger partial charge < -0.3 is 19.9 Å². The highest BCUT2D eigenvalue weighted by Gasteiger charge is 2.19. The molecule has 0 bridgehead atoms. The number of likely N-dealkylation sites (N-methyl/N-ethyl adjacent to an activating group) is 1. The summed E-state index contributed by atoms with van der Waals surface area (Å²) in [5.41, 5.74) is 2.06. The minimum Gasteiger partial charge on any atom is -0.457 e. The molecule has 0 aliphatic rings. The maximum Gasteiger partial charge on any atom is 0.173 e. The third-order valence-electron chi connectivity index (χ3n) is 4.77. The Morgan fingerprint density at radius 1 is 0.967 bits per heavy atom. The van der Waals surface area contributed by atoms with Gasteiger partial charge in [-0.2, -0.15) is 0 Å². The maximum atomic E-state index is 5.86. The van der Waals surface area contributed by atoms with Crippen molar-refractivity contribution in [2.24, 2.45) is 0 Å². The number of pyridine rings is 1. The van der Waals surface area contributed by atoms with Gasteiger partial charge in [-0.3, -0.25) is 4.98 Å².